The maximum absolute atomic E-state index is 5.05. The maximum Gasteiger partial charge on any atom is 0.164 e. The summed E-state index contributed by atoms with van der Waals surface area (Å²) in [5, 5.41) is 0. The number of aromatic nitrogens is 4. The van der Waals surface area contributed by atoms with Crippen LogP contribution in [0.2, 0.25) is 0 Å². The second-order valence-corrected chi connectivity index (χ2v) is 13.8. The van der Waals surface area contributed by atoms with Gasteiger partial charge in [0.05, 0.1) is 5.41 Å². The Balaban J connectivity index is 1.09. The van der Waals surface area contributed by atoms with Crippen molar-refractivity contribution in [3.8, 4) is 67.5 Å². The van der Waals surface area contributed by atoms with Crippen molar-refractivity contribution < 1.29 is 0 Å². The van der Waals surface area contributed by atoms with Gasteiger partial charge in [-0.25, -0.2) is 15.0 Å². The topological polar surface area (TPSA) is 51.6 Å². The van der Waals surface area contributed by atoms with E-state index in [1.54, 1.807) is 0 Å². The summed E-state index contributed by atoms with van der Waals surface area (Å²) in [6, 6.07) is 68.7. The van der Waals surface area contributed by atoms with E-state index in [0.717, 1.165) is 33.4 Å². The van der Waals surface area contributed by atoms with E-state index in [9.17, 15) is 0 Å². The average molecular weight is 703 g/mol. The van der Waals surface area contributed by atoms with Crippen LogP contribution in [-0.4, -0.2) is 19.9 Å². The lowest BCUT2D eigenvalue weighted by molar-refractivity contribution is 0.768. The van der Waals surface area contributed by atoms with Crippen molar-refractivity contribution in [1.29, 1.82) is 0 Å². The SMILES string of the molecule is c1ccc(-c2nc(-c3ccc(-c4ccncc4)cc3)nc(-c3ccc(-c4cccc5c4-c4ccccc4C5(c4ccccc4)c4ccccc4)cc3)n2)cc1. The molecular weight excluding hydrogens is 669 g/mol. The van der Waals surface area contributed by atoms with E-state index >= 15 is 0 Å². The van der Waals surface area contributed by atoms with Gasteiger partial charge in [0.2, 0.25) is 0 Å². The summed E-state index contributed by atoms with van der Waals surface area (Å²) in [5.41, 5.74) is 14.5. The van der Waals surface area contributed by atoms with E-state index in [2.05, 4.69) is 157 Å². The first-order chi connectivity index (χ1) is 27.3. The highest BCUT2D eigenvalue weighted by Crippen LogP contribution is 2.58. The lowest BCUT2D eigenvalue weighted by atomic mass is 9.67. The lowest BCUT2D eigenvalue weighted by Crippen LogP contribution is -2.28. The van der Waals surface area contributed by atoms with Crippen LogP contribution in [0.15, 0.2) is 207 Å². The molecule has 0 saturated carbocycles. The monoisotopic (exact) mass is 702 g/mol. The highest BCUT2D eigenvalue weighted by atomic mass is 15.0. The summed E-state index contributed by atoms with van der Waals surface area (Å²) < 4.78 is 0. The van der Waals surface area contributed by atoms with Crippen molar-refractivity contribution in [3.05, 3.63) is 229 Å². The smallest absolute Gasteiger partial charge is 0.164 e. The summed E-state index contributed by atoms with van der Waals surface area (Å²) in [6.07, 6.45) is 3.62. The zero-order valence-corrected chi connectivity index (χ0v) is 29.9. The number of benzene rings is 7. The molecular formula is C51H34N4. The molecule has 0 fully saturated rings. The molecule has 2 aromatic heterocycles. The molecule has 1 aliphatic carbocycles. The molecule has 0 unspecified atom stereocenters. The highest BCUT2D eigenvalue weighted by Gasteiger charge is 2.46. The second-order valence-electron chi connectivity index (χ2n) is 13.8. The second kappa shape index (κ2) is 13.6. The summed E-state index contributed by atoms with van der Waals surface area (Å²) in [4.78, 5) is 19.2. The Kier molecular flexibility index (Phi) is 8.00. The Labute approximate surface area is 320 Å². The van der Waals surface area contributed by atoms with Gasteiger partial charge in [0.25, 0.3) is 0 Å². The van der Waals surface area contributed by atoms with Gasteiger partial charge in [0.15, 0.2) is 17.5 Å². The molecule has 7 aromatic carbocycles. The Bertz CT molecular complexity index is 2730. The van der Waals surface area contributed by atoms with Crippen molar-refractivity contribution >= 4 is 0 Å². The zero-order chi connectivity index (χ0) is 36.6. The molecule has 0 aliphatic heterocycles. The number of nitrogens with zero attached hydrogens (tertiary/aromatic N) is 4. The largest absolute Gasteiger partial charge is 0.265 e. The fraction of sp³-hybridized carbons (Fsp3) is 0.0196. The van der Waals surface area contributed by atoms with E-state index in [4.69, 9.17) is 15.0 Å². The Morgan fingerprint density at radius 2 is 0.709 bits per heavy atom. The number of fused-ring (bicyclic) bond motifs is 3. The molecule has 55 heavy (non-hydrogen) atoms. The number of rotatable bonds is 7. The number of pyridine rings is 1. The maximum atomic E-state index is 5.05. The number of hydrogen-bond acceptors (Lipinski definition) is 4. The molecule has 10 rings (SSSR count). The molecule has 0 spiro atoms. The molecule has 1 aliphatic rings. The molecule has 258 valence electrons. The van der Waals surface area contributed by atoms with Crippen LogP contribution >= 0.6 is 0 Å². The summed E-state index contributed by atoms with van der Waals surface area (Å²) >= 11 is 0. The quantitative estimate of drug-likeness (QED) is 0.166. The third-order valence-corrected chi connectivity index (χ3v) is 10.8. The van der Waals surface area contributed by atoms with Crippen LogP contribution in [-0.2, 0) is 5.41 Å². The van der Waals surface area contributed by atoms with Crippen LogP contribution in [0.25, 0.3) is 67.5 Å². The molecule has 0 atom stereocenters. The fourth-order valence-corrected chi connectivity index (χ4v) is 8.24. The summed E-state index contributed by atoms with van der Waals surface area (Å²) in [6.45, 7) is 0. The molecule has 4 nitrogen and oxygen atoms in total. The van der Waals surface area contributed by atoms with E-state index in [0.29, 0.717) is 17.5 Å². The number of hydrogen-bond donors (Lipinski definition) is 0. The van der Waals surface area contributed by atoms with Crippen LogP contribution < -0.4 is 0 Å². The molecule has 0 radical (unpaired) electrons. The van der Waals surface area contributed by atoms with Gasteiger partial charge in [-0.05, 0) is 67.8 Å². The van der Waals surface area contributed by atoms with Crippen LogP contribution in [0.5, 0.6) is 0 Å². The van der Waals surface area contributed by atoms with E-state index < -0.39 is 5.41 Å². The van der Waals surface area contributed by atoms with Gasteiger partial charge >= 0.3 is 0 Å². The van der Waals surface area contributed by atoms with Gasteiger partial charge < -0.3 is 0 Å². The highest BCUT2D eigenvalue weighted by molar-refractivity contribution is 5.95. The minimum absolute atomic E-state index is 0.448. The van der Waals surface area contributed by atoms with Gasteiger partial charge in [0.1, 0.15) is 0 Å². The molecule has 4 heteroatoms. The Morgan fingerprint density at radius 3 is 1.29 bits per heavy atom. The average Bonchev–Trinajstić information content (AvgIpc) is 3.59. The van der Waals surface area contributed by atoms with E-state index in [-0.39, 0.29) is 0 Å². The summed E-state index contributed by atoms with van der Waals surface area (Å²) in [5.74, 6) is 1.90. The predicted molar refractivity (Wildman–Crippen MR) is 222 cm³/mol. The zero-order valence-electron chi connectivity index (χ0n) is 29.9. The van der Waals surface area contributed by atoms with Gasteiger partial charge in [-0.2, -0.15) is 0 Å². The van der Waals surface area contributed by atoms with Crippen LogP contribution in [0.1, 0.15) is 22.3 Å². The fourth-order valence-electron chi connectivity index (χ4n) is 8.24. The third-order valence-electron chi connectivity index (χ3n) is 10.8. The minimum atomic E-state index is -0.448. The summed E-state index contributed by atoms with van der Waals surface area (Å²) in [7, 11) is 0. The van der Waals surface area contributed by atoms with Crippen molar-refractivity contribution in [3.63, 3.8) is 0 Å². The van der Waals surface area contributed by atoms with Crippen molar-refractivity contribution in [1.82, 2.24) is 19.9 Å². The van der Waals surface area contributed by atoms with Crippen molar-refractivity contribution in [2.24, 2.45) is 0 Å². The molecule has 0 N–H and O–H groups in total. The normalized spacial score (nSPS) is 12.5. The predicted octanol–water partition coefficient (Wildman–Crippen LogP) is 12.0. The van der Waals surface area contributed by atoms with Gasteiger partial charge in [-0.3, -0.25) is 4.98 Å². The van der Waals surface area contributed by atoms with Gasteiger partial charge in [-0.15, -0.1) is 0 Å². The molecule has 2 heterocycles. The van der Waals surface area contributed by atoms with Crippen molar-refractivity contribution in [2.75, 3.05) is 0 Å². The van der Waals surface area contributed by atoms with Crippen LogP contribution in [0.3, 0.4) is 0 Å². The lowest BCUT2D eigenvalue weighted by Gasteiger charge is -2.34. The molecule has 0 bridgehead atoms. The van der Waals surface area contributed by atoms with Crippen molar-refractivity contribution in [2.45, 2.75) is 5.41 Å². The van der Waals surface area contributed by atoms with Crippen LogP contribution in [0, 0.1) is 0 Å². The minimum Gasteiger partial charge on any atom is -0.265 e. The standard InChI is InChI=1S/C51H34N4/c1-4-13-38(14-5-1)48-53-49(39-27-23-35(24-28-39)36-31-33-52-34-32-36)55-50(54-48)40-29-25-37(26-30-40)43-20-12-22-46-47(43)44-19-10-11-21-45(44)51(46,41-15-6-2-7-16-41)42-17-8-3-9-18-42/h1-34H. The first kappa shape index (κ1) is 32.4. The third kappa shape index (κ3) is 5.55. The first-order valence-corrected chi connectivity index (χ1v) is 18.5. The van der Waals surface area contributed by atoms with Gasteiger partial charge in [0, 0.05) is 29.1 Å². The molecule has 0 amide bonds. The van der Waals surface area contributed by atoms with E-state index in [1.807, 2.05) is 54.9 Å². The van der Waals surface area contributed by atoms with Gasteiger partial charge in [-0.1, -0.05) is 182 Å². The molecule has 9 aromatic rings. The van der Waals surface area contributed by atoms with E-state index in [1.165, 1.54) is 38.9 Å². The van der Waals surface area contributed by atoms with Crippen LogP contribution in [0.4, 0.5) is 0 Å². The molecule has 0 saturated heterocycles. The first-order valence-electron chi connectivity index (χ1n) is 18.5. The Hall–Kier alpha value is -7.30. The Morgan fingerprint density at radius 1 is 0.291 bits per heavy atom.